The summed E-state index contributed by atoms with van der Waals surface area (Å²) < 4.78 is 7.86. The zero-order valence-corrected chi connectivity index (χ0v) is 11.2. The fourth-order valence-corrected chi connectivity index (χ4v) is 1.68. The zero-order chi connectivity index (χ0) is 11.3. The first-order valence-electron chi connectivity index (χ1n) is 5.04. The quantitative estimate of drug-likeness (QED) is 0.614. The smallest absolute Gasteiger partial charge is 0.264 e. The Kier molecular flexibility index (Phi) is 5.31. The van der Waals surface area contributed by atoms with Crippen molar-refractivity contribution in [2.45, 2.75) is 20.4 Å². The summed E-state index contributed by atoms with van der Waals surface area (Å²) in [5.74, 6) is 0.539. The third-order valence-corrected chi connectivity index (χ3v) is 2.72. The highest BCUT2D eigenvalue weighted by Gasteiger charge is 1.99. The van der Waals surface area contributed by atoms with Crippen LogP contribution in [-0.4, -0.2) is 17.8 Å². The Morgan fingerprint density at radius 2 is 2.27 bits per heavy atom. The van der Waals surface area contributed by atoms with Gasteiger partial charge in [0.15, 0.2) is 0 Å². The molecule has 0 N–H and O–H groups in total. The highest BCUT2D eigenvalue weighted by molar-refractivity contribution is 14.1. The minimum Gasteiger partial charge on any atom is -0.379 e. The average molecular weight is 321 g/mol. The fourth-order valence-electron chi connectivity index (χ4n) is 1.17. The third kappa shape index (κ3) is 4.34. The standard InChI is InChI=1S/C11H16INO2/c1-9(2)8-15-7-6-13-5-3-4-10(12)11(13)14/h3-5,9H,6-8H2,1-2H3. The normalized spacial score (nSPS) is 10.9. The molecule has 0 radical (unpaired) electrons. The summed E-state index contributed by atoms with van der Waals surface area (Å²) in [6, 6.07) is 3.69. The van der Waals surface area contributed by atoms with E-state index < -0.39 is 0 Å². The van der Waals surface area contributed by atoms with Crippen molar-refractivity contribution in [3.63, 3.8) is 0 Å². The molecule has 0 atom stereocenters. The zero-order valence-electron chi connectivity index (χ0n) is 9.07. The maximum Gasteiger partial charge on any atom is 0.264 e. The molecule has 1 aromatic rings. The number of halogens is 1. The highest BCUT2D eigenvalue weighted by Crippen LogP contribution is 1.96. The van der Waals surface area contributed by atoms with Gasteiger partial charge in [0.2, 0.25) is 0 Å². The van der Waals surface area contributed by atoms with Crippen LogP contribution in [0.25, 0.3) is 0 Å². The van der Waals surface area contributed by atoms with E-state index in [1.807, 2.05) is 34.7 Å². The maximum absolute atomic E-state index is 11.6. The number of pyridine rings is 1. The predicted molar refractivity (Wildman–Crippen MR) is 69.1 cm³/mol. The van der Waals surface area contributed by atoms with Crippen molar-refractivity contribution in [3.8, 4) is 0 Å². The summed E-state index contributed by atoms with van der Waals surface area (Å²) in [6.07, 6.45) is 1.79. The lowest BCUT2D eigenvalue weighted by Crippen LogP contribution is -2.23. The molecule has 0 unspecified atom stereocenters. The number of aromatic nitrogens is 1. The lowest BCUT2D eigenvalue weighted by Gasteiger charge is -2.08. The van der Waals surface area contributed by atoms with E-state index in [-0.39, 0.29) is 5.56 Å². The van der Waals surface area contributed by atoms with Crippen molar-refractivity contribution >= 4 is 22.6 Å². The Morgan fingerprint density at radius 3 is 2.93 bits per heavy atom. The summed E-state index contributed by atoms with van der Waals surface area (Å²) in [7, 11) is 0. The van der Waals surface area contributed by atoms with Crippen LogP contribution in [0, 0.1) is 9.49 Å². The largest absolute Gasteiger partial charge is 0.379 e. The number of ether oxygens (including phenoxy) is 1. The van der Waals surface area contributed by atoms with Gasteiger partial charge in [-0.05, 0) is 40.6 Å². The number of rotatable bonds is 5. The van der Waals surface area contributed by atoms with Crippen LogP contribution >= 0.6 is 22.6 Å². The molecule has 0 fully saturated rings. The second-order valence-electron chi connectivity index (χ2n) is 3.82. The molecule has 84 valence electrons. The van der Waals surface area contributed by atoms with Gasteiger partial charge in [-0.3, -0.25) is 4.79 Å². The molecule has 0 aromatic carbocycles. The molecule has 0 saturated heterocycles. The van der Waals surface area contributed by atoms with Crippen LogP contribution in [0.3, 0.4) is 0 Å². The lowest BCUT2D eigenvalue weighted by atomic mass is 10.2. The molecule has 0 saturated carbocycles. The van der Waals surface area contributed by atoms with Crippen molar-refractivity contribution in [3.05, 3.63) is 32.3 Å². The van der Waals surface area contributed by atoms with Crippen LogP contribution < -0.4 is 5.56 Å². The van der Waals surface area contributed by atoms with E-state index in [1.165, 1.54) is 0 Å². The van der Waals surface area contributed by atoms with E-state index in [0.717, 1.165) is 10.2 Å². The number of hydrogen-bond donors (Lipinski definition) is 0. The van der Waals surface area contributed by atoms with Crippen molar-refractivity contribution in [2.75, 3.05) is 13.2 Å². The minimum absolute atomic E-state index is 0.0613. The summed E-state index contributed by atoms with van der Waals surface area (Å²) in [4.78, 5) is 11.6. The van der Waals surface area contributed by atoms with Gasteiger partial charge in [0.05, 0.1) is 10.2 Å². The Balaban J connectivity index is 2.44. The molecule has 1 aromatic heterocycles. The highest BCUT2D eigenvalue weighted by atomic mass is 127. The van der Waals surface area contributed by atoms with Crippen molar-refractivity contribution in [1.82, 2.24) is 4.57 Å². The third-order valence-electron chi connectivity index (χ3n) is 1.90. The minimum atomic E-state index is 0.0613. The molecule has 0 spiro atoms. The van der Waals surface area contributed by atoms with Crippen LogP contribution in [0.15, 0.2) is 23.1 Å². The maximum atomic E-state index is 11.6. The summed E-state index contributed by atoms with van der Waals surface area (Å²) in [5, 5.41) is 0. The molecular formula is C11H16INO2. The van der Waals surface area contributed by atoms with Crippen molar-refractivity contribution < 1.29 is 4.74 Å². The van der Waals surface area contributed by atoms with Gasteiger partial charge in [-0.1, -0.05) is 13.8 Å². The topological polar surface area (TPSA) is 31.2 Å². The fraction of sp³-hybridized carbons (Fsp3) is 0.545. The van der Waals surface area contributed by atoms with Gasteiger partial charge in [0.1, 0.15) is 0 Å². The van der Waals surface area contributed by atoms with Gasteiger partial charge in [0, 0.05) is 19.3 Å². The first-order valence-corrected chi connectivity index (χ1v) is 6.12. The summed E-state index contributed by atoms with van der Waals surface area (Å²) in [6.45, 7) is 6.19. The van der Waals surface area contributed by atoms with Crippen molar-refractivity contribution in [1.29, 1.82) is 0 Å². The van der Waals surface area contributed by atoms with Crippen molar-refractivity contribution in [2.24, 2.45) is 5.92 Å². The molecule has 4 heteroatoms. The van der Waals surface area contributed by atoms with Gasteiger partial charge >= 0.3 is 0 Å². The molecule has 0 bridgehead atoms. The van der Waals surface area contributed by atoms with Crippen LogP contribution in [-0.2, 0) is 11.3 Å². The van der Waals surface area contributed by atoms with Crippen LogP contribution in [0.5, 0.6) is 0 Å². The van der Waals surface area contributed by atoms with E-state index in [2.05, 4.69) is 13.8 Å². The monoisotopic (exact) mass is 321 g/mol. The first kappa shape index (κ1) is 12.7. The predicted octanol–water partition coefficient (Wildman–Crippen LogP) is 2.13. The first-order chi connectivity index (χ1) is 7.11. The Hall–Kier alpha value is -0.360. The molecule has 0 aliphatic rings. The van der Waals surface area contributed by atoms with E-state index in [9.17, 15) is 4.79 Å². The van der Waals surface area contributed by atoms with E-state index >= 15 is 0 Å². The molecule has 1 rings (SSSR count). The number of hydrogen-bond acceptors (Lipinski definition) is 2. The van der Waals surface area contributed by atoms with Gasteiger partial charge in [-0.25, -0.2) is 0 Å². The molecule has 15 heavy (non-hydrogen) atoms. The molecule has 3 nitrogen and oxygen atoms in total. The summed E-state index contributed by atoms with van der Waals surface area (Å²) >= 11 is 2.05. The Labute approximate surface area is 104 Å². The van der Waals surface area contributed by atoms with Crippen LogP contribution in [0.4, 0.5) is 0 Å². The second-order valence-corrected chi connectivity index (χ2v) is 4.99. The van der Waals surface area contributed by atoms with Gasteiger partial charge in [-0.2, -0.15) is 0 Å². The molecule has 0 aliphatic heterocycles. The van der Waals surface area contributed by atoms with Crippen LogP contribution in [0.2, 0.25) is 0 Å². The molecule has 0 aliphatic carbocycles. The van der Waals surface area contributed by atoms with E-state index in [4.69, 9.17) is 4.74 Å². The van der Waals surface area contributed by atoms with E-state index in [1.54, 1.807) is 10.8 Å². The number of nitrogens with zero attached hydrogens (tertiary/aromatic N) is 1. The van der Waals surface area contributed by atoms with Gasteiger partial charge in [0.25, 0.3) is 5.56 Å². The lowest BCUT2D eigenvalue weighted by molar-refractivity contribution is 0.102. The average Bonchev–Trinajstić information content (AvgIpc) is 2.18. The Morgan fingerprint density at radius 1 is 1.53 bits per heavy atom. The SMILES string of the molecule is CC(C)COCCn1cccc(I)c1=O. The van der Waals surface area contributed by atoms with Gasteiger partial charge in [-0.15, -0.1) is 0 Å². The Bertz CT molecular complexity index is 360. The molecule has 0 amide bonds. The van der Waals surface area contributed by atoms with Crippen LogP contribution in [0.1, 0.15) is 13.8 Å². The summed E-state index contributed by atoms with van der Waals surface area (Å²) in [5.41, 5.74) is 0.0613. The van der Waals surface area contributed by atoms with Gasteiger partial charge < -0.3 is 9.30 Å². The molecular weight excluding hydrogens is 305 g/mol. The second kappa shape index (κ2) is 6.27. The van der Waals surface area contributed by atoms with E-state index in [0.29, 0.717) is 19.1 Å². The molecule has 1 heterocycles.